The minimum atomic E-state index is 0.0305. The summed E-state index contributed by atoms with van der Waals surface area (Å²) >= 11 is 0. The summed E-state index contributed by atoms with van der Waals surface area (Å²) in [5.74, 6) is 2.46. The highest BCUT2D eigenvalue weighted by Gasteiger charge is 2.21. The SMILES string of the molecule is Cn1c(CNc2cc(C3CCOC3)nc(NCCO)n2)nc2ccccc21. The van der Waals surface area contributed by atoms with Gasteiger partial charge in [-0.2, -0.15) is 4.98 Å². The average molecular weight is 368 g/mol. The van der Waals surface area contributed by atoms with E-state index in [2.05, 4.69) is 36.2 Å². The first-order chi connectivity index (χ1) is 13.2. The number of aliphatic hydroxyl groups is 1. The molecule has 1 aliphatic rings. The lowest BCUT2D eigenvalue weighted by Gasteiger charge is -2.13. The van der Waals surface area contributed by atoms with Gasteiger partial charge in [-0.3, -0.25) is 0 Å². The van der Waals surface area contributed by atoms with Crippen LogP contribution in [0, 0.1) is 0 Å². The van der Waals surface area contributed by atoms with E-state index in [0.29, 0.717) is 25.6 Å². The van der Waals surface area contributed by atoms with Gasteiger partial charge in [-0.15, -0.1) is 0 Å². The zero-order valence-corrected chi connectivity index (χ0v) is 15.4. The van der Waals surface area contributed by atoms with Crippen molar-refractivity contribution in [2.75, 3.05) is 37.0 Å². The van der Waals surface area contributed by atoms with E-state index in [1.54, 1.807) is 0 Å². The van der Waals surface area contributed by atoms with Crippen LogP contribution in [-0.2, 0) is 18.3 Å². The second kappa shape index (κ2) is 7.89. The van der Waals surface area contributed by atoms with Gasteiger partial charge < -0.3 is 25.0 Å². The van der Waals surface area contributed by atoms with Gasteiger partial charge in [0.1, 0.15) is 11.6 Å². The zero-order chi connectivity index (χ0) is 18.6. The largest absolute Gasteiger partial charge is 0.395 e. The van der Waals surface area contributed by atoms with Crippen molar-refractivity contribution in [1.29, 1.82) is 0 Å². The highest BCUT2D eigenvalue weighted by molar-refractivity contribution is 5.75. The molecular weight excluding hydrogens is 344 g/mol. The quantitative estimate of drug-likeness (QED) is 0.586. The van der Waals surface area contributed by atoms with Gasteiger partial charge in [0.15, 0.2) is 0 Å². The molecule has 1 unspecified atom stereocenters. The molecule has 27 heavy (non-hydrogen) atoms. The lowest BCUT2D eigenvalue weighted by Crippen LogP contribution is -2.14. The minimum absolute atomic E-state index is 0.0305. The molecule has 0 bridgehead atoms. The fourth-order valence-electron chi connectivity index (χ4n) is 3.30. The van der Waals surface area contributed by atoms with Gasteiger partial charge in [0.2, 0.25) is 5.95 Å². The summed E-state index contributed by atoms with van der Waals surface area (Å²) in [6.45, 7) is 2.44. The molecule has 1 aliphatic heterocycles. The van der Waals surface area contributed by atoms with Crippen molar-refractivity contribution in [2.24, 2.45) is 7.05 Å². The number of ether oxygens (including phenoxy) is 1. The number of anilines is 2. The number of nitrogens with one attached hydrogen (secondary N) is 2. The number of aliphatic hydroxyl groups excluding tert-OH is 1. The lowest BCUT2D eigenvalue weighted by molar-refractivity contribution is 0.193. The van der Waals surface area contributed by atoms with Crippen molar-refractivity contribution in [3.63, 3.8) is 0 Å². The Bertz CT molecular complexity index is 920. The van der Waals surface area contributed by atoms with Crippen molar-refractivity contribution < 1.29 is 9.84 Å². The molecule has 2 aromatic heterocycles. The van der Waals surface area contributed by atoms with E-state index in [4.69, 9.17) is 9.84 Å². The minimum Gasteiger partial charge on any atom is -0.395 e. The summed E-state index contributed by atoms with van der Waals surface area (Å²) in [6.07, 6.45) is 0.959. The molecule has 142 valence electrons. The number of rotatable bonds is 7. The highest BCUT2D eigenvalue weighted by Crippen LogP contribution is 2.26. The Hall–Kier alpha value is -2.71. The fourth-order valence-corrected chi connectivity index (χ4v) is 3.30. The van der Waals surface area contributed by atoms with Crippen LogP contribution in [0.4, 0.5) is 11.8 Å². The van der Waals surface area contributed by atoms with E-state index >= 15 is 0 Å². The molecule has 3 heterocycles. The molecule has 0 spiro atoms. The molecule has 0 radical (unpaired) electrons. The number of fused-ring (bicyclic) bond motifs is 1. The number of hydrogen-bond donors (Lipinski definition) is 3. The van der Waals surface area contributed by atoms with Gasteiger partial charge in [-0.25, -0.2) is 9.97 Å². The number of benzene rings is 1. The third kappa shape index (κ3) is 3.86. The van der Waals surface area contributed by atoms with E-state index in [1.807, 2.05) is 31.3 Å². The van der Waals surface area contributed by atoms with Crippen molar-refractivity contribution >= 4 is 22.8 Å². The van der Waals surface area contributed by atoms with Crippen LogP contribution in [0.1, 0.15) is 23.9 Å². The Balaban J connectivity index is 1.56. The summed E-state index contributed by atoms with van der Waals surface area (Å²) in [5.41, 5.74) is 3.04. The summed E-state index contributed by atoms with van der Waals surface area (Å²) in [4.78, 5) is 13.8. The first-order valence-corrected chi connectivity index (χ1v) is 9.20. The Kier molecular flexibility index (Phi) is 5.17. The predicted molar refractivity (Wildman–Crippen MR) is 104 cm³/mol. The Morgan fingerprint density at radius 2 is 2.11 bits per heavy atom. The van der Waals surface area contributed by atoms with E-state index in [0.717, 1.165) is 41.4 Å². The van der Waals surface area contributed by atoms with Crippen LogP contribution in [0.25, 0.3) is 11.0 Å². The maximum atomic E-state index is 9.06. The molecule has 3 N–H and O–H groups in total. The van der Waals surface area contributed by atoms with Crippen LogP contribution in [0.5, 0.6) is 0 Å². The fraction of sp³-hybridized carbons (Fsp3) is 0.421. The topological polar surface area (TPSA) is 97.1 Å². The van der Waals surface area contributed by atoms with Gasteiger partial charge in [0, 0.05) is 32.2 Å². The predicted octanol–water partition coefficient (Wildman–Crippen LogP) is 1.88. The van der Waals surface area contributed by atoms with Crippen LogP contribution in [0.3, 0.4) is 0 Å². The molecule has 8 heteroatoms. The molecule has 1 saturated heterocycles. The van der Waals surface area contributed by atoms with E-state index < -0.39 is 0 Å². The molecule has 0 amide bonds. The van der Waals surface area contributed by atoms with Gasteiger partial charge >= 0.3 is 0 Å². The third-order valence-corrected chi connectivity index (χ3v) is 4.80. The molecule has 1 aromatic carbocycles. The summed E-state index contributed by atoms with van der Waals surface area (Å²) in [6, 6.07) is 10.1. The first kappa shape index (κ1) is 17.7. The van der Waals surface area contributed by atoms with Crippen LogP contribution in [0.2, 0.25) is 0 Å². The Morgan fingerprint density at radius 1 is 1.22 bits per heavy atom. The summed E-state index contributed by atoms with van der Waals surface area (Å²) in [7, 11) is 2.02. The summed E-state index contributed by atoms with van der Waals surface area (Å²) in [5, 5.41) is 15.5. The number of nitrogens with zero attached hydrogens (tertiary/aromatic N) is 4. The van der Waals surface area contributed by atoms with Gasteiger partial charge in [0.25, 0.3) is 0 Å². The number of aryl methyl sites for hydroxylation is 1. The molecule has 3 aromatic rings. The maximum Gasteiger partial charge on any atom is 0.224 e. The van der Waals surface area contributed by atoms with Gasteiger partial charge in [-0.05, 0) is 18.6 Å². The monoisotopic (exact) mass is 368 g/mol. The number of hydrogen-bond acceptors (Lipinski definition) is 7. The zero-order valence-electron chi connectivity index (χ0n) is 15.4. The van der Waals surface area contributed by atoms with Crippen LogP contribution >= 0.6 is 0 Å². The van der Waals surface area contributed by atoms with Gasteiger partial charge in [0.05, 0.1) is 36.5 Å². The first-order valence-electron chi connectivity index (χ1n) is 9.20. The van der Waals surface area contributed by atoms with Crippen molar-refractivity contribution in [3.05, 3.63) is 41.9 Å². The molecule has 8 nitrogen and oxygen atoms in total. The maximum absolute atomic E-state index is 9.06. The lowest BCUT2D eigenvalue weighted by atomic mass is 10.0. The average Bonchev–Trinajstić information content (AvgIpc) is 3.34. The van der Waals surface area contributed by atoms with Crippen molar-refractivity contribution in [2.45, 2.75) is 18.9 Å². The molecule has 1 atom stereocenters. The highest BCUT2D eigenvalue weighted by atomic mass is 16.5. The molecule has 0 saturated carbocycles. The van der Waals surface area contributed by atoms with Gasteiger partial charge in [-0.1, -0.05) is 12.1 Å². The van der Waals surface area contributed by atoms with Crippen molar-refractivity contribution in [3.8, 4) is 0 Å². The number of para-hydroxylation sites is 2. The van der Waals surface area contributed by atoms with Crippen LogP contribution in [0.15, 0.2) is 30.3 Å². The van der Waals surface area contributed by atoms with E-state index in [9.17, 15) is 0 Å². The van der Waals surface area contributed by atoms with E-state index in [1.165, 1.54) is 0 Å². The Morgan fingerprint density at radius 3 is 2.89 bits per heavy atom. The standard InChI is InChI=1S/C19H24N6O2/c1-25-16-5-3-2-4-14(16)22-18(25)11-21-17-10-15(13-6-9-27-12-13)23-19(24-17)20-7-8-26/h2-5,10,13,26H,6-9,11-12H2,1H3,(H2,20,21,23,24). The molecule has 0 aliphatic carbocycles. The molecule has 1 fully saturated rings. The second-order valence-electron chi connectivity index (χ2n) is 6.64. The number of aromatic nitrogens is 4. The Labute approximate surface area is 157 Å². The van der Waals surface area contributed by atoms with Crippen LogP contribution in [-0.4, -0.2) is 51.0 Å². The third-order valence-electron chi connectivity index (χ3n) is 4.80. The van der Waals surface area contributed by atoms with Crippen molar-refractivity contribution in [1.82, 2.24) is 19.5 Å². The second-order valence-corrected chi connectivity index (χ2v) is 6.64. The number of imidazole rings is 1. The van der Waals surface area contributed by atoms with E-state index in [-0.39, 0.29) is 12.5 Å². The van der Waals surface area contributed by atoms with Crippen LogP contribution < -0.4 is 10.6 Å². The summed E-state index contributed by atoms with van der Waals surface area (Å²) < 4.78 is 7.58. The normalized spacial score (nSPS) is 16.7. The molecule has 4 rings (SSSR count). The smallest absolute Gasteiger partial charge is 0.224 e. The molecular formula is C19H24N6O2.